The van der Waals surface area contributed by atoms with E-state index in [0.717, 1.165) is 62.5 Å². The zero-order valence-corrected chi connectivity index (χ0v) is 15.4. The highest BCUT2D eigenvalue weighted by Crippen LogP contribution is 2.38. The third kappa shape index (κ3) is 3.59. The molecule has 0 bridgehead atoms. The standard InChI is InChI=1S/C17H27N7O/c1-4-15-19-20-16(25-15)11-24-8-7-13(9-24)22(2)10-14-18-21-17(23(14)3)12-5-6-12/h12-13H,4-11H2,1-3H3. The van der Waals surface area contributed by atoms with Crippen molar-refractivity contribution in [3.8, 4) is 0 Å². The first-order chi connectivity index (χ1) is 12.1. The summed E-state index contributed by atoms with van der Waals surface area (Å²) in [5.74, 6) is 4.30. The Hall–Kier alpha value is -1.80. The highest BCUT2D eigenvalue weighted by molar-refractivity contribution is 5.07. The third-order valence-electron chi connectivity index (χ3n) is 5.37. The summed E-state index contributed by atoms with van der Waals surface area (Å²) in [6.45, 7) is 5.69. The zero-order valence-electron chi connectivity index (χ0n) is 15.4. The molecule has 2 aromatic rings. The lowest BCUT2D eigenvalue weighted by atomic mass is 10.2. The van der Waals surface area contributed by atoms with E-state index in [2.05, 4.69) is 48.9 Å². The maximum atomic E-state index is 5.63. The van der Waals surface area contributed by atoms with Gasteiger partial charge in [-0.3, -0.25) is 9.80 Å². The van der Waals surface area contributed by atoms with Crippen molar-refractivity contribution in [2.75, 3.05) is 20.1 Å². The number of hydrogen-bond acceptors (Lipinski definition) is 7. The predicted molar refractivity (Wildman–Crippen MR) is 91.8 cm³/mol. The van der Waals surface area contributed by atoms with Gasteiger partial charge in [-0.2, -0.15) is 0 Å². The summed E-state index contributed by atoms with van der Waals surface area (Å²) in [7, 11) is 4.28. The molecule has 1 unspecified atom stereocenters. The van der Waals surface area contributed by atoms with E-state index in [1.807, 2.05) is 6.92 Å². The molecule has 0 amide bonds. The van der Waals surface area contributed by atoms with E-state index in [9.17, 15) is 0 Å². The normalized spacial score (nSPS) is 21.5. The van der Waals surface area contributed by atoms with Crippen molar-refractivity contribution in [3.63, 3.8) is 0 Å². The van der Waals surface area contributed by atoms with E-state index in [0.29, 0.717) is 12.0 Å². The molecule has 3 heterocycles. The van der Waals surface area contributed by atoms with Crippen LogP contribution in [0.25, 0.3) is 0 Å². The number of rotatable bonds is 7. The van der Waals surface area contributed by atoms with Gasteiger partial charge in [-0.15, -0.1) is 20.4 Å². The quantitative estimate of drug-likeness (QED) is 0.749. The van der Waals surface area contributed by atoms with Gasteiger partial charge in [0.25, 0.3) is 0 Å². The Balaban J connectivity index is 1.31. The fourth-order valence-corrected chi connectivity index (χ4v) is 3.56. The Morgan fingerprint density at radius 3 is 2.64 bits per heavy atom. The van der Waals surface area contributed by atoms with Crippen LogP contribution >= 0.6 is 0 Å². The second kappa shape index (κ2) is 6.84. The highest BCUT2D eigenvalue weighted by atomic mass is 16.4. The van der Waals surface area contributed by atoms with E-state index in [1.54, 1.807) is 0 Å². The van der Waals surface area contributed by atoms with Gasteiger partial charge in [0, 0.05) is 38.5 Å². The highest BCUT2D eigenvalue weighted by Gasteiger charge is 2.31. The molecule has 0 aromatic carbocycles. The van der Waals surface area contributed by atoms with E-state index < -0.39 is 0 Å². The minimum absolute atomic E-state index is 0.523. The first kappa shape index (κ1) is 16.7. The Morgan fingerprint density at radius 2 is 1.92 bits per heavy atom. The van der Waals surface area contributed by atoms with Gasteiger partial charge in [0.05, 0.1) is 13.1 Å². The van der Waals surface area contributed by atoms with Crippen LogP contribution in [0.1, 0.15) is 55.5 Å². The first-order valence-corrected chi connectivity index (χ1v) is 9.26. The van der Waals surface area contributed by atoms with Crippen LogP contribution in [0.5, 0.6) is 0 Å². The molecule has 2 aliphatic rings. The number of hydrogen-bond donors (Lipinski definition) is 0. The van der Waals surface area contributed by atoms with Gasteiger partial charge in [0.15, 0.2) is 0 Å². The number of aryl methyl sites for hydroxylation is 1. The molecule has 1 aliphatic heterocycles. The van der Waals surface area contributed by atoms with Crippen LogP contribution in [-0.2, 0) is 26.6 Å². The molecule has 2 fully saturated rings. The lowest BCUT2D eigenvalue weighted by Crippen LogP contribution is -2.34. The summed E-state index contributed by atoms with van der Waals surface area (Å²) in [6.07, 6.45) is 4.46. The van der Waals surface area contributed by atoms with Crippen LogP contribution < -0.4 is 0 Å². The van der Waals surface area contributed by atoms with Crippen LogP contribution in [-0.4, -0.2) is 60.9 Å². The molecule has 0 N–H and O–H groups in total. The first-order valence-electron chi connectivity index (χ1n) is 9.26. The van der Waals surface area contributed by atoms with Crippen molar-refractivity contribution < 1.29 is 4.42 Å². The average Bonchev–Trinajstić information content (AvgIpc) is 3.02. The van der Waals surface area contributed by atoms with Crippen molar-refractivity contribution in [1.29, 1.82) is 0 Å². The SMILES string of the molecule is CCc1nnc(CN2CCC(N(C)Cc3nnc(C4CC4)n3C)C2)o1. The van der Waals surface area contributed by atoms with E-state index in [4.69, 9.17) is 4.42 Å². The van der Waals surface area contributed by atoms with Gasteiger partial charge < -0.3 is 8.98 Å². The van der Waals surface area contributed by atoms with E-state index in [-0.39, 0.29) is 0 Å². The topological polar surface area (TPSA) is 76.1 Å². The molecule has 8 nitrogen and oxygen atoms in total. The van der Waals surface area contributed by atoms with Crippen LogP contribution in [0.15, 0.2) is 4.42 Å². The summed E-state index contributed by atoms with van der Waals surface area (Å²) < 4.78 is 7.82. The molecule has 4 rings (SSSR count). The largest absolute Gasteiger partial charge is 0.424 e. The summed E-state index contributed by atoms with van der Waals surface area (Å²) >= 11 is 0. The second-order valence-corrected chi connectivity index (χ2v) is 7.34. The molecule has 2 aromatic heterocycles. The molecule has 25 heavy (non-hydrogen) atoms. The molecule has 0 radical (unpaired) electrons. The van der Waals surface area contributed by atoms with Crippen LogP contribution in [0, 0.1) is 0 Å². The van der Waals surface area contributed by atoms with Crippen molar-refractivity contribution in [3.05, 3.63) is 23.4 Å². The third-order valence-corrected chi connectivity index (χ3v) is 5.37. The fourth-order valence-electron chi connectivity index (χ4n) is 3.56. The summed E-state index contributed by atoms with van der Waals surface area (Å²) in [6, 6.07) is 0.523. The molecule has 8 heteroatoms. The summed E-state index contributed by atoms with van der Waals surface area (Å²) in [5, 5.41) is 17.0. The molecule has 0 spiro atoms. The van der Waals surface area contributed by atoms with E-state index >= 15 is 0 Å². The monoisotopic (exact) mass is 345 g/mol. The molecule has 1 saturated heterocycles. The molecule has 136 valence electrons. The number of likely N-dealkylation sites (tertiary alicyclic amines) is 1. The van der Waals surface area contributed by atoms with Crippen molar-refractivity contribution >= 4 is 0 Å². The molecular formula is C17H27N7O. The Bertz CT molecular complexity index is 720. The minimum Gasteiger partial charge on any atom is -0.424 e. The Labute approximate surface area is 148 Å². The van der Waals surface area contributed by atoms with Gasteiger partial charge in [-0.25, -0.2) is 0 Å². The smallest absolute Gasteiger partial charge is 0.230 e. The molecular weight excluding hydrogens is 318 g/mol. The van der Waals surface area contributed by atoms with Crippen molar-refractivity contribution in [2.45, 2.75) is 57.7 Å². The summed E-state index contributed by atoms with van der Waals surface area (Å²) in [4.78, 5) is 4.78. The maximum Gasteiger partial charge on any atom is 0.230 e. The van der Waals surface area contributed by atoms with E-state index in [1.165, 1.54) is 12.8 Å². The van der Waals surface area contributed by atoms with Gasteiger partial charge in [-0.05, 0) is 26.3 Å². The van der Waals surface area contributed by atoms with Gasteiger partial charge in [0.1, 0.15) is 11.6 Å². The van der Waals surface area contributed by atoms with Crippen LogP contribution in [0.3, 0.4) is 0 Å². The number of nitrogens with zero attached hydrogens (tertiary/aromatic N) is 7. The molecule has 1 atom stereocenters. The van der Waals surface area contributed by atoms with Gasteiger partial charge in [-0.1, -0.05) is 6.92 Å². The van der Waals surface area contributed by atoms with Crippen LogP contribution in [0.2, 0.25) is 0 Å². The van der Waals surface area contributed by atoms with Gasteiger partial charge in [0.2, 0.25) is 11.8 Å². The Kier molecular flexibility index (Phi) is 4.56. The lowest BCUT2D eigenvalue weighted by molar-refractivity contribution is 0.210. The van der Waals surface area contributed by atoms with Gasteiger partial charge >= 0.3 is 0 Å². The minimum atomic E-state index is 0.523. The lowest BCUT2D eigenvalue weighted by Gasteiger charge is -2.24. The summed E-state index contributed by atoms with van der Waals surface area (Å²) in [5.41, 5.74) is 0. The maximum absolute atomic E-state index is 5.63. The number of aromatic nitrogens is 5. The predicted octanol–water partition coefficient (Wildman–Crippen LogP) is 1.34. The molecule has 1 aliphatic carbocycles. The fraction of sp³-hybridized carbons (Fsp3) is 0.765. The van der Waals surface area contributed by atoms with Crippen molar-refractivity contribution in [1.82, 2.24) is 34.8 Å². The van der Waals surface area contributed by atoms with Crippen molar-refractivity contribution in [2.24, 2.45) is 7.05 Å². The zero-order chi connectivity index (χ0) is 17.4. The second-order valence-electron chi connectivity index (χ2n) is 7.34. The van der Waals surface area contributed by atoms with Crippen LogP contribution in [0.4, 0.5) is 0 Å². The molecule has 1 saturated carbocycles. The Morgan fingerprint density at radius 1 is 1.12 bits per heavy atom. The number of likely N-dealkylation sites (N-methyl/N-ethyl adjacent to an activating group) is 1. The average molecular weight is 345 g/mol.